The van der Waals surface area contributed by atoms with Crippen LogP contribution in [-0.2, 0) is 13.0 Å². The van der Waals surface area contributed by atoms with Gasteiger partial charge >= 0.3 is 6.09 Å². The van der Waals surface area contributed by atoms with E-state index in [2.05, 4.69) is 20.2 Å². The van der Waals surface area contributed by atoms with Gasteiger partial charge in [0.25, 0.3) is 0 Å². The van der Waals surface area contributed by atoms with Crippen LogP contribution >= 0.6 is 11.8 Å². The van der Waals surface area contributed by atoms with E-state index in [9.17, 15) is 4.79 Å². The van der Waals surface area contributed by atoms with Gasteiger partial charge in [0.15, 0.2) is 5.16 Å². The number of aromatic nitrogens is 2. The summed E-state index contributed by atoms with van der Waals surface area (Å²) in [5.74, 6) is 0.996. The van der Waals surface area contributed by atoms with Crippen molar-refractivity contribution in [3.63, 3.8) is 0 Å². The summed E-state index contributed by atoms with van der Waals surface area (Å²) < 4.78 is 0. The van der Waals surface area contributed by atoms with Crippen LogP contribution in [0.25, 0.3) is 0 Å². The fourth-order valence-corrected chi connectivity index (χ4v) is 3.16. The molecule has 1 amide bonds. The maximum atomic E-state index is 11.0. The average Bonchev–Trinajstić information content (AvgIpc) is 2.53. The number of piperazine rings is 1. The number of nitrogens with zero attached hydrogens (tertiary/aromatic N) is 4. The Bertz CT molecular complexity index is 546. The summed E-state index contributed by atoms with van der Waals surface area (Å²) in [5.41, 5.74) is 2.30. The Hall–Kier alpha value is -1.54. The van der Waals surface area contributed by atoms with Crippen molar-refractivity contribution in [3.05, 3.63) is 11.3 Å². The zero-order valence-corrected chi connectivity index (χ0v) is 12.8. The van der Waals surface area contributed by atoms with Gasteiger partial charge in [0.2, 0.25) is 0 Å². The van der Waals surface area contributed by atoms with Crippen molar-refractivity contribution in [3.8, 4) is 0 Å². The molecule has 1 saturated heterocycles. The Balaban J connectivity index is 1.86. The van der Waals surface area contributed by atoms with Gasteiger partial charge in [-0.2, -0.15) is 0 Å². The van der Waals surface area contributed by atoms with Crippen LogP contribution in [0.1, 0.15) is 11.3 Å². The molecule has 2 aliphatic heterocycles. The van der Waals surface area contributed by atoms with Crippen LogP contribution in [0, 0.1) is 0 Å². The Labute approximate surface area is 127 Å². The average molecular weight is 309 g/mol. The summed E-state index contributed by atoms with van der Waals surface area (Å²) in [5, 5.41) is 13.2. The van der Waals surface area contributed by atoms with E-state index in [0.29, 0.717) is 26.2 Å². The van der Waals surface area contributed by atoms with Gasteiger partial charge in [0, 0.05) is 38.3 Å². The molecule has 3 rings (SSSR count). The first kappa shape index (κ1) is 14.4. The Morgan fingerprint density at radius 2 is 2.05 bits per heavy atom. The van der Waals surface area contributed by atoms with Gasteiger partial charge in [0.05, 0.1) is 5.69 Å². The predicted molar refractivity (Wildman–Crippen MR) is 81.0 cm³/mol. The molecule has 2 aliphatic rings. The summed E-state index contributed by atoms with van der Waals surface area (Å²) in [6.45, 7) is 4.17. The number of carboxylic acid groups (broad SMARTS) is 1. The first-order valence-electron chi connectivity index (χ1n) is 7.06. The van der Waals surface area contributed by atoms with Crippen LogP contribution in [0.2, 0.25) is 0 Å². The molecule has 21 heavy (non-hydrogen) atoms. The van der Waals surface area contributed by atoms with E-state index in [1.165, 1.54) is 10.5 Å². The van der Waals surface area contributed by atoms with Crippen LogP contribution in [-0.4, -0.2) is 65.0 Å². The second-order valence-corrected chi connectivity index (χ2v) is 5.92. The molecular weight excluding hydrogens is 290 g/mol. The number of nitrogens with one attached hydrogen (secondary N) is 1. The Kier molecular flexibility index (Phi) is 4.16. The molecule has 0 radical (unpaired) electrons. The van der Waals surface area contributed by atoms with E-state index in [1.54, 1.807) is 11.8 Å². The maximum Gasteiger partial charge on any atom is 0.407 e. The van der Waals surface area contributed by atoms with Crippen molar-refractivity contribution >= 4 is 23.7 Å². The first-order chi connectivity index (χ1) is 10.2. The van der Waals surface area contributed by atoms with Gasteiger partial charge in [0.1, 0.15) is 5.82 Å². The van der Waals surface area contributed by atoms with Crippen molar-refractivity contribution in [2.75, 3.05) is 43.9 Å². The lowest BCUT2D eigenvalue weighted by atomic mass is 10.1. The van der Waals surface area contributed by atoms with Crippen molar-refractivity contribution in [2.45, 2.75) is 18.1 Å². The minimum Gasteiger partial charge on any atom is -0.465 e. The van der Waals surface area contributed by atoms with Crippen LogP contribution in [0.3, 0.4) is 0 Å². The maximum absolute atomic E-state index is 11.0. The second-order valence-electron chi connectivity index (χ2n) is 5.14. The number of hydrogen-bond donors (Lipinski definition) is 2. The third-order valence-electron chi connectivity index (χ3n) is 3.93. The van der Waals surface area contributed by atoms with Crippen molar-refractivity contribution < 1.29 is 9.90 Å². The normalized spacial score (nSPS) is 18.5. The van der Waals surface area contributed by atoms with Gasteiger partial charge in [-0.3, -0.25) is 0 Å². The molecule has 0 bridgehead atoms. The minimum absolute atomic E-state index is 0.529. The molecule has 0 saturated carbocycles. The van der Waals surface area contributed by atoms with Crippen LogP contribution < -0.4 is 10.2 Å². The molecule has 0 atom stereocenters. The van der Waals surface area contributed by atoms with Crippen molar-refractivity contribution in [1.29, 1.82) is 0 Å². The van der Waals surface area contributed by atoms with Crippen molar-refractivity contribution in [1.82, 2.24) is 20.2 Å². The molecule has 0 unspecified atom stereocenters. The summed E-state index contributed by atoms with van der Waals surface area (Å²) in [4.78, 5) is 23.9. The quantitative estimate of drug-likeness (QED) is 0.613. The molecule has 8 heteroatoms. The standard InChI is InChI=1S/C13H19N5O2S/c1-21-12-15-10-8-14-3-2-9(10)11(16-12)17-4-6-18(7-5-17)13(19)20/h14H,2-8H2,1H3,(H,19,20). The van der Waals surface area contributed by atoms with E-state index in [0.717, 1.165) is 36.2 Å². The minimum atomic E-state index is -0.839. The fraction of sp³-hybridized carbons (Fsp3) is 0.615. The van der Waals surface area contributed by atoms with Gasteiger partial charge in [-0.15, -0.1) is 0 Å². The summed E-state index contributed by atoms with van der Waals surface area (Å²) in [6.07, 6.45) is 2.07. The zero-order chi connectivity index (χ0) is 14.8. The van der Waals surface area contributed by atoms with Crippen LogP contribution in [0.4, 0.5) is 10.6 Å². The number of fused-ring (bicyclic) bond motifs is 1. The molecule has 114 valence electrons. The number of rotatable bonds is 2. The van der Waals surface area contributed by atoms with Gasteiger partial charge in [-0.25, -0.2) is 14.8 Å². The largest absolute Gasteiger partial charge is 0.465 e. The fourth-order valence-electron chi connectivity index (χ4n) is 2.78. The number of anilines is 1. The molecule has 0 spiro atoms. The van der Waals surface area contributed by atoms with E-state index < -0.39 is 6.09 Å². The smallest absolute Gasteiger partial charge is 0.407 e. The molecule has 0 aromatic carbocycles. The highest BCUT2D eigenvalue weighted by Gasteiger charge is 2.26. The lowest BCUT2D eigenvalue weighted by molar-refractivity contribution is 0.142. The highest BCUT2D eigenvalue weighted by Crippen LogP contribution is 2.27. The molecule has 2 N–H and O–H groups in total. The monoisotopic (exact) mass is 309 g/mol. The molecular formula is C13H19N5O2S. The lowest BCUT2D eigenvalue weighted by Crippen LogP contribution is -2.49. The number of thioether (sulfide) groups is 1. The zero-order valence-electron chi connectivity index (χ0n) is 12.0. The van der Waals surface area contributed by atoms with Crippen LogP contribution in [0.15, 0.2) is 5.16 Å². The first-order valence-corrected chi connectivity index (χ1v) is 8.29. The summed E-state index contributed by atoms with van der Waals surface area (Å²) in [6, 6.07) is 0. The third-order valence-corrected chi connectivity index (χ3v) is 4.47. The lowest BCUT2D eigenvalue weighted by Gasteiger charge is -2.35. The molecule has 1 aromatic heterocycles. The van der Waals surface area contributed by atoms with E-state index in [-0.39, 0.29) is 0 Å². The second kappa shape index (κ2) is 6.07. The molecule has 3 heterocycles. The Morgan fingerprint density at radius 3 is 2.71 bits per heavy atom. The molecule has 1 fully saturated rings. The summed E-state index contributed by atoms with van der Waals surface area (Å²) in [7, 11) is 0. The third kappa shape index (κ3) is 2.91. The predicted octanol–water partition coefficient (Wildman–Crippen LogP) is 0.644. The highest BCUT2D eigenvalue weighted by atomic mass is 32.2. The van der Waals surface area contributed by atoms with Crippen LogP contribution in [0.5, 0.6) is 0 Å². The van der Waals surface area contributed by atoms with Gasteiger partial charge in [-0.1, -0.05) is 11.8 Å². The number of amides is 1. The van der Waals surface area contributed by atoms with Gasteiger partial charge in [-0.05, 0) is 19.2 Å². The van der Waals surface area contributed by atoms with E-state index in [1.807, 2.05) is 6.26 Å². The highest BCUT2D eigenvalue weighted by molar-refractivity contribution is 7.98. The number of carbonyl (C=O) groups is 1. The number of hydrogen-bond acceptors (Lipinski definition) is 6. The molecule has 1 aromatic rings. The molecule has 0 aliphatic carbocycles. The van der Waals surface area contributed by atoms with Crippen molar-refractivity contribution in [2.24, 2.45) is 0 Å². The Morgan fingerprint density at radius 1 is 1.29 bits per heavy atom. The van der Waals surface area contributed by atoms with E-state index >= 15 is 0 Å². The SMILES string of the molecule is CSc1nc2c(c(N3CCN(C(=O)O)CC3)n1)CCNC2. The summed E-state index contributed by atoms with van der Waals surface area (Å²) >= 11 is 1.54. The van der Waals surface area contributed by atoms with E-state index in [4.69, 9.17) is 5.11 Å². The topological polar surface area (TPSA) is 81.6 Å². The molecule has 7 nitrogen and oxygen atoms in total. The van der Waals surface area contributed by atoms with Gasteiger partial charge < -0.3 is 20.2 Å².